The van der Waals surface area contributed by atoms with Gasteiger partial charge in [0.05, 0.1) is 15.0 Å². The summed E-state index contributed by atoms with van der Waals surface area (Å²) in [6, 6.07) is 3.34. The number of aliphatic carboxylic acids is 1. The molecule has 0 aliphatic rings. The molecule has 0 amide bonds. The van der Waals surface area contributed by atoms with E-state index in [9.17, 15) is 14.0 Å². The quantitative estimate of drug-likeness (QED) is 0.932. The molecular formula is C10H6BrFN2O3S. The molecule has 94 valence electrons. The molecule has 0 radical (unpaired) electrons. The second kappa shape index (κ2) is 4.99. The minimum absolute atomic E-state index is 0.0719. The first-order valence-electron chi connectivity index (χ1n) is 4.71. The lowest BCUT2D eigenvalue weighted by atomic mass is 10.3. The number of halogens is 2. The zero-order valence-corrected chi connectivity index (χ0v) is 11.2. The highest BCUT2D eigenvalue weighted by atomic mass is 79.9. The van der Waals surface area contributed by atoms with Crippen molar-refractivity contribution in [3.8, 4) is 10.6 Å². The van der Waals surface area contributed by atoms with E-state index in [1.807, 2.05) is 0 Å². The normalized spacial score (nSPS) is 10.6. The van der Waals surface area contributed by atoms with Crippen molar-refractivity contribution in [1.29, 1.82) is 0 Å². The number of hydrogen-bond donors (Lipinski definition) is 1. The zero-order chi connectivity index (χ0) is 13.3. The van der Waals surface area contributed by atoms with Crippen molar-refractivity contribution in [2.24, 2.45) is 0 Å². The number of nitrogens with zero attached hydrogens (tertiary/aromatic N) is 2. The lowest BCUT2D eigenvalue weighted by Crippen LogP contribution is -2.27. The summed E-state index contributed by atoms with van der Waals surface area (Å²) in [5.41, 5.74) is -1.07. The van der Waals surface area contributed by atoms with Crippen LogP contribution < -0.4 is 5.56 Å². The Morgan fingerprint density at radius 2 is 2.28 bits per heavy atom. The van der Waals surface area contributed by atoms with Crippen molar-refractivity contribution in [3.63, 3.8) is 0 Å². The Labute approximate surface area is 113 Å². The Bertz CT molecular complexity index is 667. The van der Waals surface area contributed by atoms with Gasteiger partial charge in [0.2, 0.25) is 5.82 Å². The molecule has 0 aliphatic heterocycles. The largest absolute Gasteiger partial charge is 0.480 e. The van der Waals surface area contributed by atoms with Gasteiger partial charge in [0.25, 0.3) is 5.56 Å². The first-order valence-corrected chi connectivity index (χ1v) is 6.32. The number of carboxylic acids is 1. The van der Waals surface area contributed by atoms with Crippen LogP contribution >= 0.6 is 27.3 Å². The third-order valence-electron chi connectivity index (χ3n) is 2.09. The molecule has 0 saturated heterocycles. The summed E-state index contributed by atoms with van der Waals surface area (Å²) < 4.78 is 15.3. The summed E-state index contributed by atoms with van der Waals surface area (Å²) in [5, 5.41) is 8.56. The summed E-state index contributed by atoms with van der Waals surface area (Å²) in [7, 11) is 0. The van der Waals surface area contributed by atoms with Crippen LogP contribution in [0, 0.1) is 5.82 Å². The second-order valence-electron chi connectivity index (χ2n) is 3.34. The second-order valence-corrected chi connectivity index (χ2v) is 5.80. The maximum absolute atomic E-state index is 13.8. The van der Waals surface area contributed by atoms with Gasteiger partial charge in [0.1, 0.15) is 12.2 Å². The van der Waals surface area contributed by atoms with Crippen LogP contribution in [0.4, 0.5) is 4.39 Å². The number of carboxylic acid groups (broad SMARTS) is 1. The molecule has 0 saturated carbocycles. The van der Waals surface area contributed by atoms with Crippen LogP contribution in [0.25, 0.3) is 10.6 Å². The molecule has 0 aliphatic carbocycles. The van der Waals surface area contributed by atoms with Crippen LogP contribution in [-0.2, 0) is 11.3 Å². The first-order chi connectivity index (χ1) is 8.49. The van der Waals surface area contributed by atoms with Crippen LogP contribution in [0.5, 0.6) is 0 Å². The van der Waals surface area contributed by atoms with E-state index in [1.165, 1.54) is 11.3 Å². The Morgan fingerprint density at radius 1 is 1.56 bits per heavy atom. The number of carbonyl (C=O) groups is 1. The van der Waals surface area contributed by atoms with Gasteiger partial charge in [-0.15, -0.1) is 11.3 Å². The molecule has 0 unspecified atom stereocenters. The van der Waals surface area contributed by atoms with E-state index >= 15 is 0 Å². The van der Waals surface area contributed by atoms with Crippen molar-refractivity contribution < 1.29 is 14.3 Å². The molecule has 5 nitrogen and oxygen atoms in total. The molecule has 0 fully saturated rings. The molecule has 2 rings (SSSR count). The number of hydrogen-bond acceptors (Lipinski definition) is 4. The van der Waals surface area contributed by atoms with Crippen LogP contribution in [0.1, 0.15) is 0 Å². The fourth-order valence-corrected chi connectivity index (χ4v) is 2.71. The van der Waals surface area contributed by atoms with Crippen LogP contribution in [0.2, 0.25) is 0 Å². The van der Waals surface area contributed by atoms with Crippen molar-refractivity contribution in [2.45, 2.75) is 6.54 Å². The van der Waals surface area contributed by atoms with Crippen LogP contribution in [-0.4, -0.2) is 20.6 Å². The van der Waals surface area contributed by atoms with Gasteiger partial charge >= 0.3 is 5.97 Å². The van der Waals surface area contributed by atoms with Gasteiger partial charge in [-0.1, -0.05) is 0 Å². The highest BCUT2D eigenvalue weighted by molar-refractivity contribution is 9.11. The molecule has 2 aromatic heterocycles. The molecule has 8 heteroatoms. The Kier molecular flexibility index (Phi) is 3.58. The van der Waals surface area contributed by atoms with Gasteiger partial charge in [-0.3, -0.25) is 14.2 Å². The van der Waals surface area contributed by atoms with E-state index in [0.29, 0.717) is 9.44 Å². The monoisotopic (exact) mass is 332 g/mol. The molecule has 0 spiro atoms. The summed E-state index contributed by atoms with van der Waals surface area (Å²) in [6.07, 6.45) is 1.03. The summed E-state index contributed by atoms with van der Waals surface area (Å²) >= 11 is 4.46. The van der Waals surface area contributed by atoms with E-state index in [1.54, 1.807) is 12.1 Å². The third kappa shape index (κ3) is 2.49. The predicted molar refractivity (Wildman–Crippen MR) is 67.1 cm³/mol. The molecule has 1 N–H and O–H groups in total. The minimum atomic E-state index is -1.23. The van der Waals surface area contributed by atoms with Gasteiger partial charge in [-0.05, 0) is 28.1 Å². The lowest BCUT2D eigenvalue weighted by molar-refractivity contribution is -0.137. The molecule has 0 aromatic carbocycles. The maximum Gasteiger partial charge on any atom is 0.323 e. The smallest absolute Gasteiger partial charge is 0.323 e. The molecule has 2 heterocycles. The van der Waals surface area contributed by atoms with E-state index in [-0.39, 0.29) is 5.69 Å². The van der Waals surface area contributed by atoms with E-state index in [4.69, 9.17) is 5.11 Å². The van der Waals surface area contributed by atoms with Gasteiger partial charge in [-0.25, -0.2) is 4.98 Å². The van der Waals surface area contributed by atoms with Crippen molar-refractivity contribution in [1.82, 2.24) is 9.55 Å². The maximum atomic E-state index is 13.8. The van der Waals surface area contributed by atoms with Crippen LogP contribution in [0.15, 0.2) is 27.0 Å². The van der Waals surface area contributed by atoms with Gasteiger partial charge in [0, 0.05) is 0 Å². The highest BCUT2D eigenvalue weighted by Gasteiger charge is 2.15. The fraction of sp³-hybridized carbons (Fsp3) is 0.100. The van der Waals surface area contributed by atoms with Crippen molar-refractivity contribution in [3.05, 3.63) is 38.4 Å². The third-order valence-corrected chi connectivity index (χ3v) is 3.73. The molecule has 2 aromatic rings. The minimum Gasteiger partial charge on any atom is -0.480 e. The fourth-order valence-electron chi connectivity index (χ4n) is 1.34. The first kappa shape index (κ1) is 12.9. The summed E-state index contributed by atoms with van der Waals surface area (Å²) in [5.74, 6) is -2.28. The SMILES string of the molecule is O=C(O)Cn1cnc(-c2ccc(Br)s2)c(F)c1=O. The number of rotatable bonds is 3. The Balaban J connectivity index is 2.50. The zero-order valence-electron chi connectivity index (χ0n) is 8.76. The highest BCUT2D eigenvalue weighted by Crippen LogP contribution is 2.30. The molecular weight excluding hydrogens is 327 g/mol. The van der Waals surface area contributed by atoms with Gasteiger partial charge < -0.3 is 5.11 Å². The van der Waals surface area contributed by atoms with Crippen molar-refractivity contribution in [2.75, 3.05) is 0 Å². The summed E-state index contributed by atoms with van der Waals surface area (Å²) in [4.78, 5) is 26.3. The predicted octanol–water partition coefficient (Wildman–Crippen LogP) is 1.96. The Hall–Kier alpha value is -1.54. The summed E-state index contributed by atoms with van der Waals surface area (Å²) in [6.45, 7) is -0.614. The van der Waals surface area contributed by atoms with E-state index < -0.39 is 23.9 Å². The lowest BCUT2D eigenvalue weighted by Gasteiger charge is -2.03. The van der Waals surface area contributed by atoms with E-state index in [0.717, 1.165) is 10.1 Å². The number of aromatic nitrogens is 2. The van der Waals surface area contributed by atoms with Gasteiger partial charge in [-0.2, -0.15) is 4.39 Å². The van der Waals surface area contributed by atoms with Gasteiger partial charge in [0.15, 0.2) is 0 Å². The molecule has 0 bridgehead atoms. The average molecular weight is 333 g/mol. The van der Waals surface area contributed by atoms with E-state index in [2.05, 4.69) is 20.9 Å². The Morgan fingerprint density at radius 3 is 2.83 bits per heavy atom. The standard InChI is InChI=1S/C10H6BrFN2O3S/c11-6-2-1-5(18-6)9-8(12)10(17)14(4-13-9)3-7(15)16/h1-2,4H,3H2,(H,15,16). The van der Waals surface area contributed by atoms with Crippen LogP contribution in [0.3, 0.4) is 0 Å². The topological polar surface area (TPSA) is 72.2 Å². The average Bonchev–Trinajstić information content (AvgIpc) is 2.71. The van der Waals surface area contributed by atoms with Crippen molar-refractivity contribution >= 4 is 33.2 Å². The number of thiophene rings is 1. The molecule has 0 atom stereocenters. The molecule has 18 heavy (non-hydrogen) atoms.